The van der Waals surface area contributed by atoms with E-state index in [0.717, 1.165) is 23.8 Å². The second-order valence-electron chi connectivity index (χ2n) is 9.28. The van der Waals surface area contributed by atoms with E-state index in [-0.39, 0.29) is 34.0 Å². The maximum absolute atomic E-state index is 13.1. The molecule has 0 fully saturated rings. The summed E-state index contributed by atoms with van der Waals surface area (Å²) in [5.74, 6) is -0.840. The van der Waals surface area contributed by atoms with Gasteiger partial charge in [0.15, 0.2) is 0 Å². The lowest BCUT2D eigenvalue weighted by molar-refractivity contribution is -0.137. The number of carbonyl (C=O) groups is 2. The number of hydrogen-bond donors (Lipinski definition) is 2. The van der Waals surface area contributed by atoms with Crippen molar-refractivity contribution >= 4 is 17.5 Å². The van der Waals surface area contributed by atoms with Gasteiger partial charge in [0.2, 0.25) is 0 Å². The van der Waals surface area contributed by atoms with Crippen LogP contribution in [0.4, 0.5) is 18.9 Å². The summed E-state index contributed by atoms with van der Waals surface area (Å²) in [7, 11) is 1.30. The first-order valence-corrected chi connectivity index (χ1v) is 10.8. The van der Waals surface area contributed by atoms with Crippen molar-refractivity contribution in [3.8, 4) is 11.4 Å². The van der Waals surface area contributed by atoms with Crippen LogP contribution in [0.3, 0.4) is 0 Å². The Morgan fingerprint density at radius 2 is 1.77 bits per heavy atom. The molecule has 3 rings (SSSR count). The number of aromatic nitrogens is 2. The Morgan fingerprint density at radius 3 is 2.40 bits per heavy atom. The van der Waals surface area contributed by atoms with Gasteiger partial charge in [-0.1, -0.05) is 26.8 Å². The lowest BCUT2D eigenvalue weighted by atomic mass is 9.97. The van der Waals surface area contributed by atoms with Gasteiger partial charge in [0, 0.05) is 18.3 Å². The van der Waals surface area contributed by atoms with Crippen molar-refractivity contribution in [3.63, 3.8) is 0 Å². The smallest absolute Gasteiger partial charge is 0.416 e. The number of methoxy groups -OCH3 is 1. The fourth-order valence-electron chi connectivity index (χ4n) is 3.21. The molecule has 2 N–H and O–H groups in total. The number of amides is 2. The molecule has 35 heavy (non-hydrogen) atoms. The second-order valence-corrected chi connectivity index (χ2v) is 9.28. The van der Waals surface area contributed by atoms with Gasteiger partial charge in [0.25, 0.3) is 11.8 Å². The molecule has 0 saturated carbocycles. The Balaban J connectivity index is 1.85. The van der Waals surface area contributed by atoms with Gasteiger partial charge in [0.1, 0.15) is 17.8 Å². The van der Waals surface area contributed by atoms with Crippen LogP contribution in [0.15, 0.2) is 48.9 Å². The van der Waals surface area contributed by atoms with E-state index < -0.39 is 17.6 Å². The van der Waals surface area contributed by atoms with Gasteiger partial charge in [-0.15, -0.1) is 0 Å². The fourth-order valence-corrected chi connectivity index (χ4v) is 3.21. The Morgan fingerprint density at radius 1 is 1.06 bits per heavy atom. The van der Waals surface area contributed by atoms with Crippen LogP contribution in [-0.4, -0.2) is 35.0 Å². The average molecular weight is 489 g/mol. The molecule has 0 spiro atoms. The number of hydrogen-bond acceptors (Lipinski definition) is 4. The van der Waals surface area contributed by atoms with E-state index in [2.05, 4.69) is 15.6 Å². The number of nitrogens with zero attached hydrogens (tertiary/aromatic N) is 2. The van der Waals surface area contributed by atoms with Crippen LogP contribution in [-0.2, 0) is 6.18 Å². The zero-order chi connectivity index (χ0) is 26.0. The number of aryl methyl sites for hydroxylation is 1. The summed E-state index contributed by atoms with van der Waals surface area (Å²) in [6.45, 7) is 8.31. The highest BCUT2D eigenvalue weighted by Gasteiger charge is 2.31. The predicted molar refractivity (Wildman–Crippen MR) is 126 cm³/mol. The van der Waals surface area contributed by atoms with E-state index in [4.69, 9.17) is 4.74 Å². The van der Waals surface area contributed by atoms with E-state index in [1.807, 2.05) is 27.7 Å². The summed E-state index contributed by atoms with van der Waals surface area (Å²) in [4.78, 5) is 29.5. The van der Waals surface area contributed by atoms with Crippen molar-refractivity contribution in [1.82, 2.24) is 14.9 Å². The molecule has 0 aliphatic carbocycles. The van der Waals surface area contributed by atoms with Crippen molar-refractivity contribution in [2.75, 3.05) is 19.0 Å². The molecule has 3 aromatic rings. The van der Waals surface area contributed by atoms with Crippen LogP contribution in [0.2, 0.25) is 0 Å². The Labute approximate surface area is 201 Å². The highest BCUT2D eigenvalue weighted by atomic mass is 19.4. The van der Waals surface area contributed by atoms with Gasteiger partial charge in [-0.3, -0.25) is 9.59 Å². The third kappa shape index (κ3) is 6.40. The molecule has 0 aliphatic rings. The minimum atomic E-state index is -4.57. The predicted octanol–water partition coefficient (Wildman–Crippen LogP) is 5.24. The lowest BCUT2D eigenvalue weighted by Crippen LogP contribution is -2.32. The highest BCUT2D eigenvalue weighted by molar-refractivity contribution is 6.05. The SMILES string of the molecule is COc1ccc(C(F)(F)F)cc1NC(=O)c1ccc(C)c(-n2cnc(C(=O)NCC(C)(C)C)c2)c1. The summed E-state index contributed by atoms with van der Waals surface area (Å²) in [6.07, 6.45) is -1.55. The van der Waals surface area contributed by atoms with Crippen LogP contribution in [0.5, 0.6) is 5.75 Å². The van der Waals surface area contributed by atoms with Gasteiger partial charge in [-0.2, -0.15) is 13.2 Å². The second kappa shape index (κ2) is 9.81. The Kier molecular flexibility index (Phi) is 7.23. The topological polar surface area (TPSA) is 85.2 Å². The maximum atomic E-state index is 13.1. The molecule has 1 aromatic heterocycles. The molecule has 0 bridgehead atoms. The number of rotatable bonds is 6. The standard InChI is InChI=1S/C25H27F3N4O3/c1-15-6-7-16(22(33)31-18-11-17(25(26,27)28)8-9-21(18)35-5)10-20(15)32-12-19(30-14-32)23(34)29-13-24(2,3)4/h6-12,14H,13H2,1-5H3,(H,29,34)(H,31,33). The van der Waals surface area contributed by atoms with E-state index in [0.29, 0.717) is 12.2 Å². The molecule has 0 radical (unpaired) electrons. The molecular weight excluding hydrogens is 461 g/mol. The quantitative estimate of drug-likeness (QED) is 0.497. The van der Waals surface area contributed by atoms with Crippen molar-refractivity contribution < 1.29 is 27.5 Å². The minimum absolute atomic E-state index is 0.0845. The molecule has 0 atom stereocenters. The summed E-state index contributed by atoms with van der Waals surface area (Å²) < 4.78 is 46.1. The van der Waals surface area contributed by atoms with E-state index in [1.54, 1.807) is 29.0 Å². The molecule has 7 nitrogen and oxygen atoms in total. The van der Waals surface area contributed by atoms with Crippen molar-refractivity contribution in [2.45, 2.75) is 33.9 Å². The first-order valence-electron chi connectivity index (χ1n) is 10.8. The van der Waals surface area contributed by atoms with E-state index in [1.165, 1.54) is 13.4 Å². The van der Waals surface area contributed by atoms with Crippen molar-refractivity contribution in [2.24, 2.45) is 5.41 Å². The first kappa shape index (κ1) is 25.8. The summed E-state index contributed by atoms with van der Waals surface area (Å²) >= 11 is 0. The molecule has 2 amide bonds. The molecule has 0 aliphatic heterocycles. The highest BCUT2D eigenvalue weighted by Crippen LogP contribution is 2.35. The number of carbonyl (C=O) groups excluding carboxylic acids is 2. The first-order chi connectivity index (χ1) is 16.3. The summed E-state index contributed by atoms with van der Waals surface area (Å²) in [5.41, 5.74) is 0.727. The number of alkyl halides is 3. The van der Waals surface area contributed by atoms with Crippen molar-refractivity contribution in [1.29, 1.82) is 0 Å². The molecule has 1 heterocycles. The Hall–Kier alpha value is -3.82. The molecule has 186 valence electrons. The minimum Gasteiger partial charge on any atom is -0.495 e. The van der Waals surface area contributed by atoms with Crippen molar-refractivity contribution in [3.05, 3.63) is 71.3 Å². The van der Waals surface area contributed by atoms with E-state index in [9.17, 15) is 22.8 Å². The van der Waals surface area contributed by atoms with Gasteiger partial charge >= 0.3 is 6.18 Å². The normalized spacial score (nSPS) is 11.8. The summed E-state index contributed by atoms with van der Waals surface area (Å²) in [6, 6.07) is 7.69. The average Bonchev–Trinajstić information content (AvgIpc) is 3.26. The van der Waals surface area contributed by atoms with Gasteiger partial charge in [-0.05, 0) is 48.2 Å². The largest absolute Gasteiger partial charge is 0.495 e. The third-order valence-electron chi connectivity index (χ3n) is 5.12. The lowest BCUT2D eigenvalue weighted by Gasteiger charge is -2.18. The van der Waals surface area contributed by atoms with E-state index >= 15 is 0 Å². The van der Waals surface area contributed by atoms with Gasteiger partial charge < -0.3 is 19.9 Å². The van der Waals surface area contributed by atoms with Gasteiger partial charge in [-0.25, -0.2) is 4.98 Å². The number of ether oxygens (including phenoxy) is 1. The molecule has 2 aromatic carbocycles. The maximum Gasteiger partial charge on any atom is 0.416 e. The molecule has 0 saturated heterocycles. The van der Waals surface area contributed by atoms with Crippen LogP contribution >= 0.6 is 0 Å². The Bertz CT molecular complexity index is 1240. The third-order valence-corrected chi connectivity index (χ3v) is 5.12. The molecule has 10 heteroatoms. The molecule has 0 unspecified atom stereocenters. The van der Waals surface area contributed by atoms with Gasteiger partial charge in [0.05, 0.1) is 24.0 Å². The monoisotopic (exact) mass is 488 g/mol. The van der Waals surface area contributed by atoms with Crippen LogP contribution in [0.1, 0.15) is 52.7 Å². The fraction of sp³-hybridized carbons (Fsp3) is 0.320. The zero-order valence-electron chi connectivity index (χ0n) is 20.1. The number of anilines is 1. The summed E-state index contributed by atoms with van der Waals surface area (Å²) in [5, 5.41) is 5.32. The zero-order valence-corrected chi connectivity index (χ0v) is 20.1. The molecular formula is C25H27F3N4O3. The number of benzene rings is 2. The number of imidazole rings is 1. The van der Waals surface area contributed by atoms with Crippen LogP contribution < -0.4 is 15.4 Å². The number of halogens is 3. The number of nitrogens with one attached hydrogen (secondary N) is 2. The van der Waals surface area contributed by atoms with Crippen LogP contribution in [0, 0.1) is 12.3 Å². The van der Waals surface area contributed by atoms with Crippen LogP contribution in [0.25, 0.3) is 5.69 Å².